The lowest BCUT2D eigenvalue weighted by Crippen LogP contribution is -2.42. The Kier molecular flexibility index (Phi) is 4.50. The zero-order valence-electron chi connectivity index (χ0n) is 12.8. The van der Waals surface area contributed by atoms with Crippen molar-refractivity contribution in [2.24, 2.45) is 5.92 Å². The van der Waals surface area contributed by atoms with Crippen LogP contribution in [0.5, 0.6) is 0 Å². The lowest BCUT2D eigenvalue weighted by atomic mass is 9.72. The predicted molar refractivity (Wildman–Crippen MR) is 83.6 cm³/mol. The van der Waals surface area contributed by atoms with E-state index in [1.807, 2.05) is 6.07 Å². The number of rotatable bonds is 5. The SMILES string of the molecule is C[C@H](C(=O)O)[C@@](C)(C(=O)O)c1ccc(-c2ccccc2)c(F)c1. The summed E-state index contributed by atoms with van der Waals surface area (Å²) in [5.74, 6) is -4.34. The first kappa shape index (κ1) is 16.7. The zero-order chi connectivity index (χ0) is 17.2. The van der Waals surface area contributed by atoms with Gasteiger partial charge in [0.15, 0.2) is 0 Å². The molecule has 0 aromatic heterocycles. The average molecular weight is 316 g/mol. The van der Waals surface area contributed by atoms with Gasteiger partial charge < -0.3 is 10.2 Å². The van der Waals surface area contributed by atoms with Crippen molar-refractivity contribution in [3.63, 3.8) is 0 Å². The van der Waals surface area contributed by atoms with Crippen LogP contribution in [0.15, 0.2) is 48.5 Å². The average Bonchev–Trinajstić information content (AvgIpc) is 2.53. The summed E-state index contributed by atoms with van der Waals surface area (Å²) < 4.78 is 14.5. The molecule has 5 heteroatoms. The summed E-state index contributed by atoms with van der Waals surface area (Å²) in [6, 6.07) is 12.9. The van der Waals surface area contributed by atoms with Crippen molar-refractivity contribution in [1.82, 2.24) is 0 Å². The Hall–Kier alpha value is -2.69. The number of carboxylic acids is 2. The van der Waals surface area contributed by atoms with Crippen LogP contribution in [-0.4, -0.2) is 22.2 Å². The minimum Gasteiger partial charge on any atom is -0.481 e. The molecule has 0 aliphatic carbocycles. The van der Waals surface area contributed by atoms with E-state index in [1.54, 1.807) is 24.3 Å². The monoisotopic (exact) mass is 316 g/mol. The molecule has 0 amide bonds. The van der Waals surface area contributed by atoms with E-state index in [2.05, 4.69) is 0 Å². The molecule has 0 saturated carbocycles. The quantitative estimate of drug-likeness (QED) is 0.884. The van der Waals surface area contributed by atoms with Gasteiger partial charge in [0, 0.05) is 5.56 Å². The first-order valence-corrected chi connectivity index (χ1v) is 7.10. The van der Waals surface area contributed by atoms with Crippen LogP contribution in [0.2, 0.25) is 0 Å². The third-order valence-corrected chi connectivity index (χ3v) is 4.33. The van der Waals surface area contributed by atoms with Gasteiger partial charge in [-0.1, -0.05) is 49.4 Å². The van der Waals surface area contributed by atoms with Gasteiger partial charge in [-0.15, -0.1) is 0 Å². The molecule has 0 radical (unpaired) electrons. The molecule has 0 fully saturated rings. The maximum absolute atomic E-state index is 14.5. The number of benzene rings is 2. The fourth-order valence-corrected chi connectivity index (χ4v) is 2.50. The van der Waals surface area contributed by atoms with Crippen molar-refractivity contribution in [2.45, 2.75) is 19.3 Å². The molecule has 2 rings (SSSR count). The Morgan fingerprint density at radius 2 is 1.70 bits per heavy atom. The molecule has 0 aliphatic rings. The Morgan fingerprint density at radius 1 is 1.09 bits per heavy atom. The van der Waals surface area contributed by atoms with Gasteiger partial charge in [0.25, 0.3) is 0 Å². The van der Waals surface area contributed by atoms with Crippen LogP contribution in [-0.2, 0) is 15.0 Å². The van der Waals surface area contributed by atoms with Gasteiger partial charge in [0.2, 0.25) is 0 Å². The molecule has 4 nitrogen and oxygen atoms in total. The first-order chi connectivity index (χ1) is 10.8. The topological polar surface area (TPSA) is 74.6 Å². The predicted octanol–water partition coefficient (Wildman–Crippen LogP) is 3.56. The van der Waals surface area contributed by atoms with E-state index < -0.39 is 29.1 Å². The van der Waals surface area contributed by atoms with E-state index in [-0.39, 0.29) is 5.56 Å². The van der Waals surface area contributed by atoms with Gasteiger partial charge in [-0.3, -0.25) is 9.59 Å². The molecule has 0 saturated heterocycles. The van der Waals surface area contributed by atoms with E-state index in [4.69, 9.17) is 0 Å². The maximum Gasteiger partial charge on any atom is 0.314 e. The first-order valence-electron chi connectivity index (χ1n) is 7.10. The molecule has 2 N–H and O–H groups in total. The second-order valence-electron chi connectivity index (χ2n) is 5.63. The normalized spacial score (nSPS) is 14.7. The van der Waals surface area contributed by atoms with Gasteiger partial charge in [-0.05, 0) is 24.1 Å². The zero-order valence-corrected chi connectivity index (χ0v) is 12.8. The number of carboxylic acid groups (broad SMARTS) is 2. The minimum atomic E-state index is -1.72. The van der Waals surface area contributed by atoms with Crippen LogP contribution in [0.25, 0.3) is 11.1 Å². The number of carbonyl (C=O) groups is 2. The highest BCUT2D eigenvalue weighted by atomic mass is 19.1. The van der Waals surface area contributed by atoms with Crippen LogP contribution in [0.4, 0.5) is 4.39 Å². The molecule has 2 aromatic rings. The van der Waals surface area contributed by atoms with Gasteiger partial charge in [-0.25, -0.2) is 4.39 Å². The molecular weight excluding hydrogens is 299 g/mol. The van der Waals surface area contributed by atoms with Gasteiger partial charge in [0.05, 0.1) is 5.92 Å². The van der Waals surface area contributed by atoms with E-state index >= 15 is 0 Å². The third-order valence-electron chi connectivity index (χ3n) is 4.33. The third kappa shape index (κ3) is 2.95. The summed E-state index contributed by atoms with van der Waals surface area (Å²) >= 11 is 0. The summed E-state index contributed by atoms with van der Waals surface area (Å²) in [4.78, 5) is 22.9. The second-order valence-corrected chi connectivity index (χ2v) is 5.63. The maximum atomic E-state index is 14.5. The Bertz CT molecular complexity index is 742. The Morgan fingerprint density at radius 3 is 2.17 bits per heavy atom. The summed E-state index contributed by atoms with van der Waals surface area (Å²) in [5.41, 5.74) is -0.593. The molecule has 0 unspecified atom stereocenters. The summed E-state index contributed by atoms with van der Waals surface area (Å²) in [6.07, 6.45) is 0. The lowest BCUT2D eigenvalue weighted by molar-refractivity contribution is -0.154. The number of hydrogen-bond acceptors (Lipinski definition) is 2. The molecule has 120 valence electrons. The molecule has 0 aliphatic heterocycles. The summed E-state index contributed by atoms with van der Waals surface area (Å²) in [5, 5.41) is 18.7. The van der Waals surface area contributed by atoms with E-state index in [0.29, 0.717) is 11.1 Å². The van der Waals surface area contributed by atoms with Gasteiger partial charge in [-0.2, -0.15) is 0 Å². The van der Waals surface area contributed by atoms with Crippen molar-refractivity contribution in [3.05, 3.63) is 59.9 Å². The van der Waals surface area contributed by atoms with Crippen molar-refractivity contribution < 1.29 is 24.2 Å². The molecule has 2 atom stereocenters. The van der Waals surface area contributed by atoms with Crippen molar-refractivity contribution in [2.75, 3.05) is 0 Å². The van der Waals surface area contributed by atoms with Crippen molar-refractivity contribution in [3.8, 4) is 11.1 Å². The second kappa shape index (κ2) is 6.20. The number of halogens is 1. The molecular formula is C18H17FO4. The summed E-state index contributed by atoms with van der Waals surface area (Å²) in [6.45, 7) is 2.60. The largest absolute Gasteiger partial charge is 0.481 e. The molecule has 2 aromatic carbocycles. The molecule has 23 heavy (non-hydrogen) atoms. The highest BCUT2D eigenvalue weighted by molar-refractivity contribution is 5.88. The fraction of sp³-hybridized carbons (Fsp3) is 0.222. The van der Waals surface area contributed by atoms with Crippen molar-refractivity contribution >= 4 is 11.9 Å². The Balaban J connectivity index is 2.54. The number of hydrogen-bond donors (Lipinski definition) is 2. The summed E-state index contributed by atoms with van der Waals surface area (Å²) in [7, 11) is 0. The van der Waals surface area contributed by atoms with Crippen LogP contribution < -0.4 is 0 Å². The van der Waals surface area contributed by atoms with Crippen LogP contribution >= 0.6 is 0 Å². The van der Waals surface area contributed by atoms with Crippen LogP contribution in [0.1, 0.15) is 19.4 Å². The number of aliphatic carboxylic acids is 2. The Labute approximate surface area is 133 Å². The van der Waals surface area contributed by atoms with Crippen LogP contribution in [0.3, 0.4) is 0 Å². The van der Waals surface area contributed by atoms with E-state index in [1.165, 1.54) is 26.0 Å². The molecule has 0 spiro atoms. The standard InChI is InChI=1S/C18H17FO4/c1-11(16(20)21)18(2,17(22)23)13-8-9-14(15(19)10-13)12-6-4-3-5-7-12/h3-11H,1-2H3,(H,20,21)(H,22,23)/t11-,18-/m1/s1. The van der Waals surface area contributed by atoms with Crippen LogP contribution in [0, 0.1) is 11.7 Å². The molecule has 0 heterocycles. The van der Waals surface area contributed by atoms with Gasteiger partial charge in [0.1, 0.15) is 11.2 Å². The van der Waals surface area contributed by atoms with E-state index in [0.717, 1.165) is 6.07 Å². The highest BCUT2D eigenvalue weighted by Gasteiger charge is 2.44. The van der Waals surface area contributed by atoms with Gasteiger partial charge >= 0.3 is 11.9 Å². The molecule has 0 bridgehead atoms. The fourth-order valence-electron chi connectivity index (χ4n) is 2.50. The highest BCUT2D eigenvalue weighted by Crippen LogP contribution is 2.35. The lowest BCUT2D eigenvalue weighted by Gasteiger charge is -2.29. The smallest absolute Gasteiger partial charge is 0.314 e. The van der Waals surface area contributed by atoms with Crippen molar-refractivity contribution in [1.29, 1.82) is 0 Å². The minimum absolute atomic E-state index is 0.122. The van der Waals surface area contributed by atoms with E-state index in [9.17, 15) is 24.2 Å².